The normalized spacial score (nSPS) is 12.0. The van der Waals surface area contributed by atoms with Crippen molar-refractivity contribution >= 4 is 34.0 Å². The van der Waals surface area contributed by atoms with Crippen molar-refractivity contribution in [3.63, 3.8) is 0 Å². The van der Waals surface area contributed by atoms with E-state index in [4.69, 9.17) is 11.6 Å². The summed E-state index contributed by atoms with van der Waals surface area (Å²) in [4.78, 5) is 11.7. The van der Waals surface area contributed by atoms with Gasteiger partial charge in [-0.1, -0.05) is 23.7 Å². The van der Waals surface area contributed by atoms with Gasteiger partial charge >= 0.3 is 0 Å². The first-order valence-electron chi connectivity index (χ1n) is 6.28. The van der Waals surface area contributed by atoms with E-state index in [0.29, 0.717) is 11.1 Å². The van der Waals surface area contributed by atoms with Crippen LogP contribution in [0.5, 0.6) is 0 Å². The third kappa shape index (κ3) is 4.89. The molecular formula is C15H12ClF2NO2S. The lowest BCUT2D eigenvalue weighted by Gasteiger charge is -2.07. The van der Waals surface area contributed by atoms with Gasteiger partial charge < -0.3 is 5.32 Å². The van der Waals surface area contributed by atoms with E-state index in [1.807, 2.05) is 0 Å². The molecule has 0 aliphatic heterocycles. The molecule has 3 nitrogen and oxygen atoms in total. The zero-order valence-electron chi connectivity index (χ0n) is 11.3. The maximum atomic E-state index is 13.4. The highest BCUT2D eigenvalue weighted by molar-refractivity contribution is 7.84. The SMILES string of the molecule is O=C(C[S@@](=O)Cc1ccc(Cl)cc1)Nc1ccc(F)cc1F. The van der Waals surface area contributed by atoms with E-state index in [2.05, 4.69) is 5.32 Å². The fourth-order valence-electron chi connectivity index (χ4n) is 1.74. The van der Waals surface area contributed by atoms with Crippen molar-refractivity contribution in [2.45, 2.75) is 5.75 Å². The summed E-state index contributed by atoms with van der Waals surface area (Å²) < 4.78 is 38.0. The second kappa shape index (κ2) is 7.47. The van der Waals surface area contributed by atoms with Crippen molar-refractivity contribution in [3.05, 3.63) is 64.7 Å². The van der Waals surface area contributed by atoms with Crippen LogP contribution in [0.2, 0.25) is 5.02 Å². The number of anilines is 1. The smallest absolute Gasteiger partial charge is 0.237 e. The monoisotopic (exact) mass is 343 g/mol. The molecule has 116 valence electrons. The van der Waals surface area contributed by atoms with Gasteiger partial charge in [-0.05, 0) is 29.8 Å². The molecule has 0 heterocycles. The maximum absolute atomic E-state index is 13.4. The molecule has 2 aromatic carbocycles. The molecule has 0 saturated heterocycles. The molecule has 2 aromatic rings. The zero-order valence-corrected chi connectivity index (χ0v) is 12.9. The molecular weight excluding hydrogens is 332 g/mol. The average molecular weight is 344 g/mol. The van der Waals surface area contributed by atoms with Crippen LogP contribution in [0.1, 0.15) is 5.56 Å². The van der Waals surface area contributed by atoms with Crippen LogP contribution in [-0.2, 0) is 21.3 Å². The van der Waals surface area contributed by atoms with Crippen molar-refractivity contribution in [1.29, 1.82) is 0 Å². The average Bonchev–Trinajstić information content (AvgIpc) is 2.44. The van der Waals surface area contributed by atoms with E-state index in [9.17, 15) is 17.8 Å². The molecule has 1 N–H and O–H groups in total. The van der Waals surface area contributed by atoms with Gasteiger partial charge in [-0.3, -0.25) is 9.00 Å². The van der Waals surface area contributed by atoms with Crippen LogP contribution in [0.15, 0.2) is 42.5 Å². The summed E-state index contributed by atoms with van der Waals surface area (Å²) in [5.74, 6) is -2.30. The Morgan fingerprint density at radius 1 is 1.14 bits per heavy atom. The highest BCUT2D eigenvalue weighted by Gasteiger charge is 2.12. The number of benzene rings is 2. The molecule has 2 rings (SSSR count). The predicted molar refractivity (Wildman–Crippen MR) is 83.2 cm³/mol. The predicted octanol–water partition coefficient (Wildman–Crippen LogP) is 3.51. The Kier molecular flexibility index (Phi) is 5.63. The molecule has 0 aliphatic rings. The van der Waals surface area contributed by atoms with Crippen LogP contribution in [0.4, 0.5) is 14.5 Å². The van der Waals surface area contributed by atoms with Gasteiger partial charge in [-0.25, -0.2) is 8.78 Å². The van der Waals surface area contributed by atoms with Gasteiger partial charge in [0.1, 0.15) is 17.4 Å². The largest absolute Gasteiger partial charge is 0.323 e. The van der Waals surface area contributed by atoms with Gasteiger partial charge in [0.25, 0.3) is 0 Å². The summed E-state index contributed by atoms with van der Waals surface area (Å²) in [6.45, 7) is 0. The summed E-state index contributed by atoms with van der Waals surface area (Å²) >= 11 is 5.75. The van der Waals surface area contributed by atoms with Crippen molar-refractivity contribution in [1.82, 2.24) is 0 Å². The summed E-state index contributed by atoms with van der Waals surface area (Å²) in [5.41, 5.74) is 0.637. The second-order valence-electron chi connectivity index (χ2n) is 4.53. The Morgan fingerprint density at radius 2 is 1.82 bits per heavy atom. The van der Waals surface area contributed by atoms with Crippen LogP contribution in [0.25, 0.3) is 0 Å². The Hall–Kier alpha value is -1.79. The number of rotatable bonds is 5. The second-order valence-corrected chi connectivity index (χ2v) is 6.42. The van der Waals surface area contributed by atoms with Crippen LogP contribution < -0.4 is 5.32 Å². The van der Waals surface area contributed by atoms with Crippen LogP contribution in [-0.4, -0.2) is 15.9 Å². The number of hydrogen-bond acceptors (Lipinski definition) is 2. The Bertz CT molecular complexity index is 707. The van der Waals surface area contributed by atoms with Crippen molar-refractivity contribution in [3.8, 4) is 0 Å². The summed E-state index contributed by atoms with van der Waals surface area (Å²) in [6.07, 6.45) is 0. The third-order valence-corrected chi connectivity index (χ3v) is 4.23. The molecule has 0 bridgehead atoms. The number of halogens is 3. The van der Waals surface area contributed by atoms with Gasteiger partial charge in [-0.2, -0.15) is 0 Å². The van der Waals surface area contributed by atoms with Crippen molar-refractivity contribution < 1.29 is 17.8 Å². The fraction of sp³-hybridized carbons (Fsp3) is 0.133. The van der Waals surface area contributed by atoms with E-state index in [0.717, 1.165) is 17.7 Å². The molecule has 0 saturated carbocycles. The molecule has 0 unspecified atom stereocenters. The third-order valence-electron chi connectivity index (χ3n) is 2.74. The number of carbonyl (C=O) groups excluding carboxylic acids is 1. The minimum Gasteiger partial charge on any atom is -0.323 e. The van der Waals surface area contributed by atoms with Gasteiger partial charge in [0.2, 0.25) is 5.91 Å². The molecule has 0 spiro atoms. The molecule has 0 aromatic heterocycles. The Labute approximate surface area is 133 Å². The minimum absolute atomic E-state index is 0.144. The van der Waals surface area contributed by atoms with E-state index < -0.39 is 28.3 Å². The van der Waals surface area contributed by atoms with E-state index in [1.54, 1.807) is 24.3 Å². The van der Waals surface area contributed by atoms with Crippen molar-refractivity contribution in [2.24, 2.45) is 0 Å². The van der Waals surface area contributed by atoms with Crippen LogP contribution >= 0.6 is 11.6 Å². The van der Waals surface area contributed by atoms with Gasteiger partial charge in [0.05, 0.1) is 5.69 Å². The lowest BCUT2D eigenvalue weighted by Crippen LogP contribution is -2.20. The number of amides is 1. The molecule has 0 fully saturated rings. The molecule has 22 heavy (non-hydrogen) atoms. The molecule has 0 aliphatic carbocycles. The zero-order chi connectivity index (χ0) is 16.1. The first kappa shape index (κ1) is 16.6. The maximum Gasteiger partial charge on any atom is 0.237 e. The van der Waals surface area contributed by atoms with Crippen LogP contribution in [0, 0.1) is 11.6 Å². The molecule has 1 atom stereocenters. The number of nitrogens with one attached hydrogen (secondary N) is 1. The topological polar surface area (TPSA) is 46.2 Å². The van der Waals surface area contributed by atoms with E-state index in [-0.39, 0.29) is 17.2 Å². The van der Waals surface area contributed by atoms with Crippen LogP contribution in [0.3, 0.4) is 0 Å². The minimum atomic E-state index is -1.44. The summed E-state index contributed by atoms with van der Waals surface area (Å²) in [5, 5.41) is 2.84. The Balaban J connectivity index is 1.91. The highest BCUT2D eigenvalue weighted by atomic mass is 35.5. The number of carbonyl (C=O) groups is 1. The summed E-state index contributed by atoms with van der Waals surface area (Å²) in [7, 11) is -1.44. The Morgan fingerprint density at radius 3 is 2.45 bits per heavy atom. The number of hydrogen-bond donors (Lipinski definition) is 1. The molecule has 1 amide bonds. The summed E-state index contributed by atoms with van der Waals surface area (Å²) in [6, 6.07) is 9.59. The molecule has 0 radical (unpaired) electrons. The van der Waals surface area contributed by atoms with Crippen molar-refractivity contribution in [2.75, 3.05) is 11.1 Å². The first-order valence-corrected chi connectivity index (χ1v) is 8.15. The quantitative estimate of drug-likeness (QED) is 0.903. The van der Waals surface area contributed by atoms with Gasteiger partial charge in [0.15, 0.2) is 0 Å². The van der Waals surface area contributed by atoms with Gasteiger partial charge in [0, 0.05) is 27.6 Å². The molecule has 7 heteroatoms. The standard InChI is InChI=1S/C15H12ClF2NO2S/c16-11-3-1-10(2-4-11)8-22(21)9-15(20)19-14-6-5-12(17)7-13(14)18/h1-7H,8-9H2,(H,19,20)/t22-/m0/s1. The van der Waals surface area contributed by atoms with E-state index in [1.165, 1.54) is 0 Å². The van der Waals surface area contributed by atoms with Gasteiger partial charge in [-0.15, -0.1) is 0 Å². The fourth-order valence-corrected chi connectivity index (χ4v) is 2.90. The van der Waals surface area contributed by atoms with E-state index >= 15 is 0 Å². The highest BCUT2D eigenvalue weighted by Crippen LogP contribution is 2.15. The lowest BCUT2D eigenvalue weighted by molar-refractivity contribution is -0.113. The first-order chi connectivity index (χ1) is 10.4. The lowest BCUT2D eigenvalue weighted by atomic mass is 10.2.